The van der Waals surface area contributed by atoms with Gasteiger partial charge in [0.05, 0.1) is 48.9 Å². The first kappa shape index (κ1) is 32.2. The van der Waals surface area contributed by atoms with Crippen LogP contribution in [0, 0.1) is 16.0 Å². The molecular weight excluding hydrogens is 613 g/mol. The second-order valence-corrected chi connectivity index (χ2v) is 17.1. The highest BCUT2D eigenvalue weighted by Crippen LogP contribution is 2.60. The number of nitrogens with one attached hydrogen (secondary N) is 1. The lowest BCUT2D eigenvalue weighted by atomic mass is 9.82. The summed E-state index contributed by atoms with van der Waals surface area (Å²) in [5, 5.41) is 24.8. The van der Waals surface area contributed by atoms with Crippen molar-refractivity contribution in [2.24, 2.45) is 5.92 Å². The lowest BCUT2D eigenvalue weighted by Crippen LogP contribution is -2.48. The van der Waals surface area contributed by atoms with Gasteiger partial charge in [-0.3, -0.25) is 24.5 Å². The van der Waals surface area contributed by atoms with Crippen molar-refractivity contribution >= 4 is 43.2 Å². The van der Waals surface area contributed by atoms with E-state index in [9.17, 15) is 29.6 Å². The third kappa shape index (κ3) is 5.40. The summed E-state index contributed by atoms with van der Waals surface area (Å²) in [7, 11) is -3.58. The largest absolute Gasteiger partial charge is 0.394 e. The predicted octanol–water partition coefficient (Wildman–Crippen LogP) is 3.23. The monoisotopic (exact) mass is 653 g/mol. The maximum absolute atomic E-state index is 16.2. The van der Waals surface area contributed by atoms with Gasteiger partial charge in [-0.2, -0.15) is 0 Å². The van der Waals surface area contributed by atoms with E-state index in [1.54, 1.807) is 16.7 Å². The summed E-state index contributed by atoms with van der Waals surface area (Å²) in [5.41, 5.74) is -0.567. The second kappa shape index (κ2) is 12.1. The molecule has 14 heteroatoms. The van der Waals surface area contributed by atoms with Crippen molar-refractivity contribution in [3.05, 3.63) is 63.7 Å². The van der Waals surface area contributed by atoms with Crippen molar-refractivity contribution in [1.29, 1.82) is 0 Å². The fourth-order valence-electron chi connectivity index (χ4n) is 8.03. The highest BCUT2D eigenvalue weighted by atomic mass is 28.4. The Kier molecular flexibility index (Phi) is 8.50. The van der Waals surface area contributed by atoms with Crippen LogP contribution in [-0.4, -0.2) is 86.0 Å². The van der Waals surface area contributed by atoms with E-state index in [4.69, 9.17) is 4.74 Å². The number of halogens is 1. The Bertz CT molecular complexity index is 1570. The van der Waals surface area contributed by atoms with Crippen LogP contribution in [0.2, 0.25) is 18.6 Å². The van der Waals surface area contributed by atoms with Crippen LogP contribution >= 0.6 is 0 Å². The van der Waals surface area contributed by atoms with Crippen molar-refractivity contribution in [2.45, 2.75) is 69.1 Å². The molecule has 4 aliphatic heterocycles. The molecule has 6 rings (SSSR count). The van der Waals surface area contributed by atoms with Crippen molar-refractivity contribution in [3.63, 3.8) is 0 Å². The Morgan fingerprint density at radius 3 is 2.70 bits per heavy atom. The quantitative estimate of drug-likeness (QED) is 0.191. The van der Waals surface area contributed by atoms with Crippen LogP contribution in [0.4, 0.5) is 21.2 Å². The van der Waals surface area contributed by atoms with Crippen molar-refractivity contribution in [2.75, 3.05) is 42.6 Å². The maximum Gasteiger partial charge on any atom is 0.269 e. The number of nitro benzene ring substituents is 1. The van der Waals surface area contributed by atoms with Crippen molar-refractivity contribution in [1.82, 2.24) is 10.2 Å². The number of rotatable bonds is 8. The molecule has 2 N–H and O–H groups in total. The number of nitro groups is 1. The van der Waals surface area contributed by atoms with Gasteiger partial charge in [0.2, 0.25) is 20.2 Å². The fourth-order valence-corrected chi connectivity index (χ4v) is 10.5. The highest BCUT2D eigenvalue weighted by Gasteiger charge is 2.67. The number of carbonyl (C=O) groups is 3. The molecule has 246 valence electrons. The van der Waals surface area contributed by atoms with Gasteiger partial charge in [-0.05, 0) is 49.7 Å². The lowest BCUT2D eigenvalue weighted by molar-refractivity contribution is -0.385. The first-order valence-electron chi connectivity index (χ1n) is 15.8. The zero-order chi connectivity index (χ0) is 33.0. The summed E-state index contributed by atoms with van der Waals surface area (Å²) in [6.45, 7) is 6.62. The van der Waals surface area contributed by atoms with E-state index in [0.29, 0.717) is 43.0 Å². The van der Waals surface area contributed by atoms with E-state index in [-0.39, 0.29) is 49.7 Å². The number of ether oxygens (including phenoxy) is 1. The van der Waals surface area contributed by atoms with Gasteiger partial charge in [-0.1, -0.05) is 19.1 Å². The van der Waals surface area contributed by atoms with Gasteiger partial charge in [-0.25, -0.2) is 0 Å². The van der Waals surface area contributed by atoms with Crippen molar-refractivity contribution in [3.8, 4) is 0 Å². The molecule has 1 spiro atoms. The van der Waals surface area contributed by atoms with Crippen LogP contribution in [0.3, 0.4) is 0 Å². The molecule has 0 aliphatic carbocycles. The number of piperazine rings is 1. The van der Waals surface area contributed by atoms with Gasteiger partial charge in [-0.15, -0.1) is 0 Å². The summed E-state index contributed by atoms with van der Waals surface area (Å²) in [6.07, 6.45) is 0.331. The fraction of sp³-hybridized carbons (Fsp3) is 0.531. The molecule has 5 atom stereocenters. The minimum absolute atomic E-state index is 0.0608. The van der Waals surface area contributed by atoms with E-state index >= 15 is 4.11 Å². The first-order valence-corrected chi connectivity index (χ1v) is 18.8. The Labute approximate surface area is 267 Å². The Morgan fingerprint density at radius 1 is 1.22 bits per heavy atom. The van der Waals surface area contributed by atoms with Gasteiger partial charge in [0.25, 0.3) is 11.6 Å². The summed E-state index contributed by atoms with van der Waals surface area (Å²) in [6, 6.07) is 11.2. The third-order valence-corrected chi connectivity index (χ3v) is 12.5. The Balaban J connectivity index is 1.38. The third-order valence-electron chi connectivity index (χ3n) is 10.1. The molecule has 4 aliphatic rings. The van der Waals surface area contributed by atoms with E-state index in [2.05, 4.69) is 5.32 Å². The van der Waals surface area contributed by atoms with E-state index in [1.807, 2.05) is 24.3 Å². The predicted molar refractivity (Wildman–Crippen MR) is 170 cm³/mol. The summed E-state index contributed by atoms with van der Waals surface area (Å²) in [5.74, 6) is -1.52. The SMILES string of the molecule is C[C@H]1[C@H]([Si](C)(C)F)[C@@H](CC(=O)N2CCC[C@H]2CO)O[C@]12C(=O)N(Cc1cccc(N3CCNCC3=O)c1)c1ccc([N+](=O)[O-])cc12. The number of amides is 3. The van der Waals surface area contributed by atoms with E-state index < -0.39 is 42.4 Å². The summed E-state index contributed by atoms with van der Waals surface area (Å²) in [4.78, 5) is 57.0. The number of nitrogens with zero attached hydrogens (tertiary/aromatic N) is 4. The topological polar surface area (TPSA) is 146 Å². The number of anilines is 2. The van der Waals surface area contributed by atoms with Gasteiger partial charge in [0, 0.05) is 54.5 Å². The van der Waals surface area contributed by atoms with Crippen LogP contribution in [0.5, 0.6) is 0 Å². The standard InChI is InChI=1S/C32H40FN5O7Si/c1-20-30(46(2,3)33)27(16-28(40)35-12-5-8-24(35)19-39)45-32(20)25-15-23(38(43)44)9-10-26(25)37(31(32)42)18-21-6-4-7-22(14-21)36-13-11-34-17-29(36)41/h4,6-7,9-10,14-15,20,24,27,30,34,39H,5,8,11-13,16-19H2,1-3H3/t20-,24-,27+,30-,32+/m0/s1. The number of aliphatic hydroxyl groups is 1. The summed E-state index contributed by atoms with van der Waals surface area (Å²) < 4.78 is 22.9. The number of hydrogen-bond acceptors (Lipinski definition) is 8. The Hall–Kier alpha value is -3.72. The number of aliphatic hydroxyl groups excluding tert-OH is 1. The molecular formula is C32H40FN5O7Si. The van der Waals surface area contributed by atoms with Gasteiger partial charge >= 0.3 is 0 Å². The minimum atomic E-state index is -3.58. The van der Waals surface area contributed by atoms with Crippen LogP contribution in [-0.2, 0) is 31.3 Å². The molecule has 2 aromatic rings. The number of non-ortho nitro benzene ring substituents is 1. The van der Waals surface area contributed by atoms with Gasteiger partial charge in [0.1, 0.15) is 0 Å². The smallest absolute Gasteiger partial charge is 0.269 e. The first-order chi connectivity index (χ1) is 21.9. The number of hydrogen-bond donors (Lipinski definition) is 2. The maximum atomic E-state index is 16.2. The summed E-state index contributed by atoms with van der Waals surface area (Å²) >= 11 is 0. The molecule has 3 amide bonds. The van der Waals surface area contributed by atoms with Crippen molar-refractivity contribution < 1.29 is 33.3 Å². The van der Waals surface area contributed by atoms with Gasteiger partial charge in [0.15, 0.2) is 5.60 Å². The van der Waals surface area contributed by atoms with E-state index in [1.165, 1.54) is 36.2 Å². The number of likely N-dealkylation sites (tertiary alicyclic amines) is 1. The van der Waals surface area contributed by atoms with Crippen LogP contribution < -0.4 is 15.1 Å². The molecule has 4 heterocycles. The minimum Gasteiger partial charge on any atom is -0.394 e. The molecule has 46 heavy (non-hydrogen) atoms. The van der Waals surface area contributed by atoms with Crippen LogP contribution in [0.25, 0.3) is 0 Å². The zero-order valence-electron chi connectivity index (χ0n) is 26.3. The number of fused-ring (bicyclic) bond motifs is 2. The van der Waals surface area contributed by atoms with Gasteiger partial charge < -0.3 is 34.0 Å². The lowest BCUT2D eigenvalue weighted by Gasteiger charge is -2.31. The molecule has 12 nitrogen and oxygen atoms in total. The zero-order valence-corrected chi connectivity index (χ0v) is 27.3. The Morgan fingerprint density at radius 2 is 2.00 bits per heavy atom. The highest BCUT2D eigenvalue weighted by molar-refractivity contribution is 6.72. The molecule has 0 unspecified atom stereocenters. The molecule has 3 fully saturated rings. The molecule has 0 aromatic heterocycles. The van der Waals surface area contributed by atoms with Crippen LogP contribution in [0.15, 0.2) is 42.5 Å². The normalized spacial score (nSPS) is 28.0. The molecule has 2 aromatic carbocycles. The van der Waals surface area contributed by atoms with E-state index in [0.717, 1.165) is 12.0 Å². The number of benzene rings is 2. The molecule has 0 bridgehead atoms. The molecule has 0 radical (unpaired) electrons. The van der Waals surface area contributed by atoms with Crippen LogP contribution in [0.1, 0.15) is 37.3 Å². The number of carbonyl (C=O) groups excluding carboxylic acids is 3. The average Bonchev–Trinajstić information content (AvgIpc) is 3.68. The average molecular weight is 654 g/mol. The second-order valence-electron chi connectivity index (χ2n) is 13.3. The molecule has 0 saturated carbocycles. The molecule has 3 saturated heterocycles.